The van der Waals surface area contributed by atoms with Crippen molar-refractivity contribution in [3.63, 3.8) is 0 Å². The third-order valence-electron chi connectivity index (χ3n) is 3.54. The fourth-order valence-electron chi connectivity index (χ4n) is 2.52. The molecule has 0 fully saturated rings. The molecule has 1 atom stereocenters. The molecule has 0 aromatic heterocycles. The summed E-state index contributed by atoms with van der Waals surface area (Å²) in [6.45, 7) is 3.99. The highest BCUT2D eigenvalue weighted by atomic mass is 16.5. The number of benzene rings is 1. The summed E-state index contributed by atoms with van der Waals surface area (Å²) in [5, 5.41) is 10.5. The first kappa shape index (κ1) is 16.0. The molecule has 1 aromatic rings. The van der Waals surface area contributed by atoms with Crippen molar-refractivity contribution < 1.29 is 28.9 Å². The van der Waals surface area contributed by atoms with Crippen LogP contribution in [0.4, 0.5) is 0 Å². The van der Waals surface area contributed by atoms with Gasteiger partial charge >= 0.3 is 0 Å². The van der Waals surface area contributed by atoms with Crippen LogP contribution in [0.2, 0.25) is 0 Å². The summed E-state index contributed by atoms with van der Waals surface area (Å²) in [6, 6.07) is 1.44. The molecular formula is C16H18O6. The van der Waals surface area contributed by atoms with Gasteiger partial charge in [0.15, 0.2) is 11.5 Å². The van der Waals surface area contributed by atoms with Crippen molar-refractivity contribution in [2.75, 3.05) is 20.8 Å². The Morgan fingerprint density at radius 1 is 1.23 bits per heavy atom. The molecule has 1 aliphatic rings. The Labute approximate surface area is 128 Å². The van der Waals surface area contributed by atoms with Gasteiger partial charge in [0, 0.05) is 18.2 Å². The van der Waals surface area contributed by atoms with Crippen LogP contribution in [-0.4, -0.2) is 37.5 Å². The average molecular weight is 306 g/mol. The van der Waals surface area contributed by atoms with Gasteiger partial charge in [0.25, 0.3) is 0 Å². The van der Waals surface area contributed by atoms with Gasteiger partial charge in [-0.2, -0.15) is 0 Å². The van der Waals surface area contributed by atoms with Gasteiger partial charge < -0.3 is 19.3 Å². The number of allylic oxidation sites excluding steroid dienone is 2. The molecule has 22 heavy (non-hydrogen) atoms. The second-order valence-corrected chi connectivity index (χ2v) is 4.77. The zero-order valence-electron chi connectivity index (χ0n) is 12.9. The lowest BCUT2D eigenvalue weighted by Gasteiger charge is -2.22. The van der Waals surface area contributed by atoms with Gasteiger partial charge in [-0.1, -0.05) is 0 Å². The van der Waals surface area contributed by atoms with Crippen LogP contribution in [0, 0.1) is 0 Å². The zero-order valence-corrected chi connectivity index (χ0v) is 12.9. The van der Waals surface area contributed by atoms with Crippen LogP contribution in [0.25, 0.3) is 0 Å². The highest BCUT2D eigenvalue weighted by molar-refractivity contribution is 6.25. The fourth-order valence-corrected chi connectivity index (χ4v) is 2.52. The van der Waals surface area contributed by atoms with Gasteiger partial charge in [-0.3, -0.25) is 9.59 Å². The minimum Gasteiger partial charge on any atom is -0.507 e. The van der Waals surface area contributed by atoms with Crippen LogP contribution in [0.15, 0.2) is 17.9 Å². The molecule has 0 amide bonds. The van der Waals surface area contributed by atoms with E-state index in [2.05, 4.69) is 0 Å². The number of phenols is 1. The van der Waals surface area contributed by atoms with E-state index in [1.807, 2.05) is 6.92 Å². The summed E-state index contributed by atoms with van der Waals surface area (Å²) in [4.78, 5) is 24.5. The molecule has 0 radical (unpaired) electrons. The maximum absolute atomic E-state index is 12.3. The summed E-state index contributed by atoms with van der Waals surface area (Å²) in [5.41, 5.74) is 0.359. The smallest absolute Gasteiger partial charge is 0.228 e. The number of Topliss-reactive ketones (excluding diaryl/α,β-unsaturated/α-hetero) is 1. The topological polar surface area (TPSA) is 82.1 Å². The second-order valence-electron chi connectivity index (χ2n) is 4.77. The van der Waals surface area contributed by atoms with Crippen molar-refractivity contribution in [1.29, 1.82) is 0 Å². The number of aromatic hydroxyl groups is 1. The van der Waals surface area contributed by atoms with Crippen LogP contribution in [-0.2, 0) is 9.47 Å². The van der Waals surface area contributed by atoms with Gasteiger partial charge in [0.1, 0.15) is 11.5 Å². The molecule has 1 N–H and O–H groups in total. The molecule has 0 unspecified atom stereocenters. The van der Waals surface area contributed by atoms with E-state index in [1.165, 1.54) is 20.3 Å². The van der Waals surface area contributed by atoms with E-state index in [-0.39, 0.29) is 28.4 Å². The number of rotatable bonds is 5. The molecule has 0 saturated carbocycles. The largest absolute Gasteiger partial charge is 0.507 e. The van der Waals surface area contributed by atoms with E-state index in [0.29, 0.717) is 12.2 Å². The Bertz CT molecular complexity index is 659. The van der Waals surface area contributed by atoms with Gasteiger partial charge in [-0.15, -0.1) is 0 Å². The Morgan fingerprint density at radius 3 is 2.45 bits per heavy atom. The number of fused-ring (bicyclic) bond motifs is 1. The molecule has 6 heteroatoms. The number of phenolic OH excluding ortho intramolecular Hbond substituents is 1. The molecule has 1 aromatic carbocycles. The van der Waals surface area contributed by atoms with E-state index in [1.54, 1.807) is 6.92 Å². The SMILES string of the molecule is CCO[C@H](C)c1c(OC)cc2c(c1O)C(=O)C=C(OC)C2=O. The Hall–Kier alpha value is -2.34. The van der Waals surface area contributed by atoms with Gasteiger partial charge in [0.05, 0.1) is 31.5 Å². The van der Waals surface area contributed by atoms with E-state index >= 15 is 0 Å². The number of ketones is 2. The Kier molecular flexibility index (Phi) is 4.51. The van der Waals surface area contributed by atoms with E-state index < -0.39 is 17.7 Å². The second kappa shape index (κ2) is 6.19. The van der Waals surface area contributed by atoms with Crippen LogP contribution in [0.3, 0.4) is 0 Å². The predicted octanol–water partition coefficient (Wildman–Crippen LogP) is 2.41. The Balaban J connectivity index is 2.69. The maximum atomic E-state index is 12.3. The number of carbonyl (C=O) groups excluding carboxylic acids is 2. The zero-order chi connectivity index (χ0) is 16.4. The number of carbonyl (C=O) groups is 2. The number of hydrogen-bond acceptors (Lipinski definition) is 6. The summed E-state index contributed by atoms with van der Waals surface area (Å²) in [7, 11) is 2.73. The summed E-state index contributed by atoms with van der Waals surface area (Å²) in [5.74, 6) is -1.03. The summed E-state index contributed by atoms with van der Waals surface area (Å²) in [6.07, 6.45) is 0.590. The molecule has 1 aliphatic carbocycles. The number of methoxy groups -OCH3 is 2. The first-order valence-corrected chi connectivity index (χ1v) is 6.86. The molecule has 0 aliphatic heterocycles. The summed E-state index contributed by atoms with van der Waals surface area (Å²) < 4.78 is 15.6. The first-order valence-electron chi connectivity index (χ1n) is 6.86. The van der Waals surface area contributed by atoms with Gasteiger partial charge in [-0.05, 0) is 19.9 Å². The molecule has 2 rings (SSSR count). The minimum absolute atomic E-state index is 0.0480. The van der Waals surface area contributed by atoms with Crippen LogP contribution >= 0.6 is 0 Å². The average Bonchev–Trinajstić information content (AvgIpc) is 2.49. The van der Waals surface area contributed by atoms with Crippen LogP contribution in [0.1, 0.15) is 46.2 Å². The standard InChI is InChI=1S/C16H18O6/c1-5-22-8(2)13-11(20-3)6-9-14(16(13)19)10(17)7-12(21-4)15(9)18/h6-8,19H,5H2,1-4H3/t8-/m1/s1. The van der Waals surface area contributed by atoms with Crippen molar-refractivity contribution in [1.82, 2.24) is 0 Å². The van der Waals surface area contributed by atoms with Crippen molar-refractivity contribution in [2.24, 2.45) is 0 Å². The van der Waals surface area contributed by atoms with Crippen molar-refractivity contribution in [2.45, 2.75) is 20.0 Å². The van der Waals surface area contributed by atoms with Crippen LogP contribution < -0.4 is 4.74 Å². The lowest BCUT2D eigenvalue weighted by molar-refractivity contribution is 0.0722. The van der Waals surface area contributed by atoms with Gasteiger partial charge in [-0.25, -0.2) is 0 Å². The molecule has 6 nitrogen and oxygen atoms in total. The molecule has 0 heterocycles. The molecule has 118 valence electrons. The predicted molar refractivity (Wildman–Crippen MR) is 78.5 cm³/mol. The maximum Gasteiger partial charge on any atom is 0.228 e. The molecule has 0 spiro atoms. The third-order valence-corrected chi connectivity index (χ3v) is 3.54. The number of ether oxygens (including phenoxy) is 3. The quantitative estimate of drug-likeness (QED) is 0.899. The highest BCUT2D eigenvalue weighted by Gasteiger charge is 2.33. The molecular weight excluding hydrogens is 288 g/mol. The molecule has 0 saturated heterocycles. The lowest BCUT2D eigenvalue weighted by atomic mass is 9.89. The highest BCUT2D eigenvalue weighted by Crippen LogP contribution is 2.42. The first-order chi connectivity index (χ1) is 10.5. The summed E-state index contributed by atoms with van der Waals surface area (Å²) >= 11 is 0. The van der Waals surface area contributed by atoms with E-state index in [9.17, 15) is 14.7 Å². The number of hydrogen-bond donors (Lipinski definition) is 1. The van der Waals surface area contributed by atoms with Crippen molar-refractivity contribution >= 4 is 11.6 Å². The van der Waals surface area contributed by atoms with Crippen molar-refractivity contribution in [3.05, 3.63) is 34.6 Å². The lowest BCUT2D eigenvalue weighted by Crippen LogP contribution is -2.19. The van der Waals surface area contributed by atoms with Gasteiger partial charge in [0.2, 0.25) is 5.78 Å². The molecule has 0 bridgehead atoms. The van der Waals surface area contributed by atoms with E-state index in [0.717, 1.165) is 6.08 Å². The van der Waals surface area contributed by atoms with Crippen LogP contribution in [0.5, 0.6) is 11.5 Å². The van der Waals surface area contributed by atoms with Crippen molar-refractivity contribution in [3.8, 4) is 11.5 Å². The normalized spacial score (nSPS) is 15.2. The fraction of sp³-hybridized carbons (Fsp3) is 0.375. The van der Waals surface area contributed by atoms with E-state index in [4.69, 9.17) is 14.2 Å². The third kappa shape index (κ3) is 2.46. The minimum atomic E-state index is -0.489. The monoisotopic (exact) mass is 306 g/mol. The Morgan fingerprint density at radius 2 is 1.91 bits per heavy atom.